The maximum Gasteiger partial charge on any atom is 0.191 e. The molecule has 3 aliphatic carbocycles. The number of ether oxygens (including phenoxy) is 1. The van der Waals surface area contributed by atoms with Gasteiger partial charge in [-0.1, -0.05) is 19.1 Å². The molecule has 34 heavy (non-hydrogen) atoms. The van der Waals surface area contributed by atoms with Gasteiger partial charge in [0.1, 0.15) is 28.4 Å². The minimum atomic E-state index is -1.90. The number of ketones is 3. The fourth-order valence-electron chi connectivity index (χ4n) is 6.37. The van der Waals surface area contributed by atoms with E-state index in [1.54, 1.807) is 31.1 Å². The van der Waals surface area contributed by atoms with Gasteiger partial charge in [0.05, 0.1) is 17.7 Å². The molecule has 0 heterocycles. The predicted octanol–water partition coefficient (Wildman–Crippen LogP) is 1.48. The summed E-state index contributed by atoms with van der Waals surface area (Å²) in [7, 11) is 6.25. The van der Waals surface area contributed by atoms with Gasteiger partial charge in [-0.15, -0.1) is 0 Å². The molecule has 0 amide bonds. The van der Waals surface area contributed by atoms with Gasteiger partial charge >= 0.3 is 0 Å². The van der Waals surface area contributed by atoms with E-state index >= 15 is 0 Å². The molecule has 0 unspecified atom stereocenters. The van der Waals surface area contributed by atoms with Crippen molar-refractivity contribution >= 4 is 23.1 Å². The Bertz CT molecular complexity index is 1170. The van der Waals surface area contributed by atoms with Crippen LogP contribution in [0.25, 0.3) is 5.76 Å². The van der Waals surface area contributed by atoms with Crippen LogP contribution in [0.4, 0.5) is 0 Å². The van der Waals surface area contributed by atoms with Gasteiger partial charge in [0.2, 0.25) is 0 Å². The Hall–Kier alpha value is -3.01. The zero-order valence-electron chi connectivity index (χ0n) is 20.0. The smallest absolute Gasteiger partial charge is 0.191 e. The number of nitrogens with one attached hydrogen (secondary N) is 1. The molecule has 1 saturated carbocycles. The summed E-state index contributed by atoms with van der Waals surface area (Å²) in [6, 6.07) is 3.89. The molecular weight excluding hydrogens is 440 g/mol. The van der Waals surface area contributed by atoms with Gasteiger partial charge in [-0.05, 0) is 45.6 Å². The molecule has 4 N–H and O–H groups in total. The Morgan fingerprint density at radius 3 is 2.35 bits per heavy atom. The summed E-state index contributed by atoms with van der Waals surface area (Å²) in [4.78, 5) is 41.8. The number of likely N-dealkylation sites (N-methyl/N-ethyl adjacent to an activating group) is 2. The minimum absolute atomic E-state index is 0.0137. The summed E-state index contributed by atoms with van der Waals surface area (Å²) in [5, 5.41) is 36.1. The quantitative estimate of drug-likeness (QED) is 0.482. The number of nitrogens with zero attached hydrogens (tertiary/aromatic N) is 1. The van der Waals surface area contributed by atoms with E-state index in [-0.39, 0.29) is 22.8 Å². The fourth-order valence-corrected chi connectivity index (χ4v) is 6.37. The van der Waals surface area contributed by atoms with Crippen LogP contribution in [0, 0.1) is 11.8 Å². The SMILES string of the molecule is CN[C@]12C(=O)C3=C(O)c4c(O)cccc4[C@H](C)[C@H]3[C@@H](OC)[C@@H]1[C@H](N(C)C)C(=O)C(C(C)=O)=C2O. The monoisotopic (exact) mass is 470 g/mol. The van der Waals surface area contributed by atoms with E-state index in [0.29, 0.717) is 5.56 Å². The lowest BCUT2D eigenvalue weighted by Gasteiger charge is -2.56. The third kappa shape index (κ3) is 2.80. The van der Waals surface area contributed by atoms with Gasteiger partial charge in [0.25, 0.3) is 0 Å². The van der Waals surface area contributed by atoms with E-state index in [1.165, 1.54) is 20.2 Å². The van der Waals surface area contributed by atoms with Crippen LogP contribution in [0.1, 0.15) is 30.9 Å². The standard InChI is InChI=1S/C25H30N2O7/c1-10-12-8-7-9-13(29)16(12)20(30)17-14(10)22(34-6)18-19(27(4)5)21(31)15(11(2)28)23(32)25(18,26-3)24(17)33/h7-10,14,18-19,22,26,29-30,32H,1-6H3/t10-,14+,18-,19-,22+,25+/m0/s1. The Balaban J connectivity index is 2.13. The number of fused-ring (bicyclic) bond motifs is 3. The number of methoxy groups -OCH3 is 1. The van der Waals surface area contributed by atoms with Crippen molar-refractivity contribution in [3.63, 3.8) is 0 Å². The van der Waals surface area contributed by atoms with Gasteiger partial charge in [0, 0.05) is 24.5 Å². The first kappa shape index (κ1) is 24.1. The number of carbonyl (C=O) groups excluding carboxylic acids is 3. The Kier molecular flexibility index (Phi) is 5.70. The van der Waals surface area contributed by atoms with Crippen molar-refractivity contribution in [1.29, 1.82) is 0 Å². The second kappa shape index (κ2) is 8.04. The maximum absolute atomic E-state index is 14.3. The second-order valence-corrected chi connectivity index (χ2v) is 9.48. The topological polar surface area (TPSA) is 136 Å². The highest BCUT2D eigenvalue weighted by atomic mass is 16.5. The summed E-state index contributed by atoms with van der Waals surface area (Å²) in [5.74, 6) is -5.09. The summed E-state index contributed by atoms with van der Waals surface area (Å²) in [5.41, 5.74) is -1.56. The molecule has 0 aliphatic heterocycles. The second-order valence-electron chi connectivity index (χ2n) is 9.48. The molecule has 0 bridgehead atoms. The minimum Gasteiger partial charge on any atom is -0.509 e. The number of aliphatic hydroxyl groups is 2. The van der Waals surface area contributed by atoms with Crippen LogP contribution in [0.2, 0.25) is 0 Å². The van der Waals surface area contributed by atoms with E-state index in [4.69, 9.17) is 4.74 Å². The zero-order valence-corrected chi connectivity index (χ0v) is 20.0. The van der Waals surface area contributed by atoms with Crippen molar-refractivity contribution in [2.24, 2.45) is 11.8 Å². The predicted molar refractivity (Wildman–Crippen MR) is 123 cm³/mol. The molecule has 9 heteroatoms. The van der Waals surface area contributed by atoms with Crippen LogP contribution in [0.3, 0.4) is 0 Å². The average molecular weight is 471 g/mol. The molecule has 0 radical (unpaired) electrons. The third-order valence-electron chi connectivity index (χ3n) is 7.78. The molecular formula is C25H30N2O7. The number of phenols is 1. The molecule has 6 atom stereocenters. The number of carbonyl (C=O) groups is 3. The lowest BCUT2D eigenvalue weighted by atomic mass is 9.52. The van der Waals surface area contributed by atoms with Gasteiger partial charge < -0.3 is 25.4 Å². The number of rotatable bonds is 4. The van der Waals surface area contributed by atoms with Crippen LogP contribution >= 0.6 is 0 Å². The number of benzene rings is 1. The summed E-state index contributed by atoms with van der Waals surface area (Å²) in [6.07, 6.45) is -0.806. The van der Waals surface area contributed by atoms with Crippen molar-refractivity contribution in [2.75, 3.05) is 28.3 Å². The zero-order chi connectivity index (χ0) is 25.3. The van der Waals surface area contributed by atoms with Crippen LogP contribution in [0.15, 0.2) is 35.1 Å². The molecule has 182 valence electrons. The first-order chi connectivity index (χ1) is 16.0. The van der Waals surface area contributed by atoms with Crippen LogP contribution in [-0.2, 0) is 19.1 Å². The molecule has 4 rings (SSSR count). The van der Waals surface area contributed by atoms with E-state index in [1.807, 2.05) is 6.92 Å². The van der Waals surface area contributed by atoms with Gasteiger partial charge in [-0.3, -0.25) is 19.3 Å². The Morgan fingerprint density at radius 2 is 1.82 bits per heavy atom. The van der Waals surface area contributed by atoms with Crippen LogP contribution in [0.5, 0.6) is 5.75 Å². The normalized spacial score (nSPS) is 33.1. The molecule has 3 aliphatic rings. The van der Waals surface area contributed by atoms with Crippen molar-refractivity contribution in [2.45, 2.75) is 37.5 Å². The maximum atomic E-state index is 14.3. The van der Waals surface area contributed by atoms with E-state index in [9.17, 15) is 29.7 Å². The highest BCUT2D eigenvalue weighted by molar-refractivity contribution is 6.25. The number of aromatic hydroxyl groups is 1. The molecule has 1 aromatic carbocycles. The van der Waals surface area contributed by atoms with Crippen molar-refractivity contribution in [3.05, 3.63) is 46.2 Å². The molecule has 0 saturated heterocycles. The van der Waals surface area contributed by atoms with Crippen LogP contribution < -0.4 is 5.32 Å². The molecule has 1 fully saturated rings. The Morgan fingerprint density at radius 1 is 1.18 bits per heavy atom. The average Bonchev–Trinajstić information content (AvgIpc) is 2.76. The molecule has 0 spiro atoms. The number of Topliss-reactive ketones (excluding diaryl/α,β-unsaturated/α-hetero) is 3. The fraction of sp³-hybridized carbons (Fsp3) is 0.480. The molecule has 1 aromatic rings. The first-order valence-electron chi connectivity index (χ1n) is 11.1. The molecule has 0 aromatic heterocycles. The largest absolute Gasteiger partial charge is 0.509 e. The summed E-state index contributed by atoms with van der Waals surface area (Å²) in [6.45, 7) is 3.03. The van der Waals surface area contributed by atoms with Crippen LogP contribution in [-0.4, -0.2) is 83.5 Å². The number of aliphatic hydroxyl groups excluding tert-OH is 2. The third-order valence-corrected chi connectivity index (χ3v) is 7.78. The highest BCUT2D eigenvalue weighted by Gasteiger charge is 2.68. The van der Waals surface area contributed by atoms with E-state index in [0.717, 1.165) is 6.92 Å². The lowest BCUT2D eigenvalue weighted by Crippen LogP contribution is -2.74. The summed E-state index contributed by atoms with van der Waals surface area (Å²) >= 11 is 0. The first-order valence-corrected chi connectivity index (χ1v) is 11.1. The number of hydrogen-bond donors (Lipinski definition) is 4. The highest BCUT2D eigenvalue weighted by Crippen LogP contribution is 2.56. The van der Waals surface area contributed by atoms with Crippen molar-refractivity contribution in [3.8, 4) is 5.75 Å². The van der Waals surface area contributed by atoms with E-state index < -0.39 is 64.0 Å². The Labute approximate surface area is 197 Å². The lowest BCUT2D eigenvalue weighted by molar-refractivity contribution is -0.147. The molecule has 9 nitrogen and oxygen atoms in total. The van der Waals surface area contributed by atoms with Gasteiger partial charge in [0.15, 0.2) is 17.3 Å². The van der Waals surface area contributed by atoms with Gasteiger partial charge in [-0.2, -0.15) is 0 Å². The van der Waals surface area contributed by atoms with Gasteiger partial charge in [-0.25, -0.2) is 0 Å². The summed E-state index contributed by atoms with van der Waals surface area (Å²) < 4.78 is 5.94. The van der Waals surface area contributed by atoms with Crippen molar-refractivity contribution < 1.29 is 34.4 Å². The number of phenolic OH excluding ortho intramolecular Hbond substituents is 1. The van der Waals surface area contributed by atoms with Crippen molar-refractivity contribution in [1.82, 2.24) is 10.2 Å². The number of hydrogen-bond acceptors (Lipinski definition) is 9. The van der Waals surface area contributed by atoms with E-state index in [2.05, 4.69) is 5.32 Å².